The molecular formula is C24H33F2N5O6S. The van der Waals surface area contributed by atoms with Crippen molar-refractivity contribution >= 4 is 27.0 Å². The smallest absolute Gasteiger partial charge is 0.387 e. The predicted octanol–water partition coefficient (Wildman–Crippen LogP) is 2.25. The van der Waals surface area contributed by atoms with Crippen LogP contribution in [0.5, 0.6) is 5.75 Å². The van der Waals surface area contributed by atoms with E-state index in [2.05, 4.69) is 20.0 Å². The number of alkyl halides is 2. The van der Waals surface area contributed by atoms with Gasteiger partial charge in [-0.25, -0.2) is 13.4 Å². The van der Waals surface area contributed by atoms with Crippen LogP contribution in [0.25, 0.3) is 11.0 Å². The number of halogens is 2. The third-order valence-electron chi connectivity index (χ3n) is 7.90. The SMILES string of the molecule is C[C@@]1(O)CCC[C@H]1n1c(=O)c(OC(F)F)cc2cnc(NC3CCC(S(=O)(=O)N4CCOCC4)CC3)nc21. The van der Waals surface area contributed by atoms with E-state index < -0.39 is 44.8 Å². The van der Waals surface area contributed by atoms with E-state index in [0.29, 0.717) is 76.6 Å². The van der Waals surface area contributed by atoms with Crippen LogP contribution in [-0.4, -0.2) is 82.2 Å². The Bertz CT molecular complexity index is 1320. The minimum Gasteiger partial charge on any atom is -0.429 e. The number of nitrogens with one attached hydrogen (secondary N) is 1. The van der Waals surface area contributed by atoms with Gasteiger partial charge in [0.2, 0.25) is 16.0 Å². The third kappa shape index (κ3) is 5.36. The zero-order chi connectivity index (χ0) is 27.1. The fourth-order valence-corrected chi connectivity index (χ4v) is 7.82. The zero-order valence-corrected chi connectivity index (χ0v) is 22.0. The molecule has 210 valence electrons. The van der Waals surface area contributed by atoms with Gasteiger partial charge in [0.05, 0.1) is 30.1 Å². The van der Waals surface area contributed by atoms with Gasteiger partial charge in [-0.1, -0.05) is 0 Å². The number of ether oxygens (including phenoxy) is 2. The molecule has 5 rings (SSSR count). The average Bonchev–Trinajstić information content (AvgIpc) is 3.23. The first-order chi connectivity index (χ1) is 18.1. The summed E-state index contributed by atoms with van der Waals surface area (Å²) in [5, 5.41) is 14.0. The van der Waals surface area contributed by atoms with Crippen LogP contribution in [-0.2, 0) is 14.8 Å². The summed E-state index contributed by atoms with van der Waals surface area (Å²) in [5.41, 5.74) is -1.79. The summed E-state index contributed by atoms with van der Waals surface area (Å²) in [7, 11) is -3.39. The normalized spacial score (nSPS) is 29.1. The summed E-state index contributed by atoms with van der Waals surface area (Å²) in [6, 6.07) is 0.456. The van der Waals surface area contributed by atoms with Crippen molar-refractivity contribution in [3.63, 3.8) is 0 Å². The number of fused-ring (bicyclic) bond motifs is 1. The molecule has 3 aliphatic rings. The molecule has 1 aliphatic heterocycles. The maximum atomic E-state index is 13.2. The summed E-state index contributed by atoms with van der Waals surface area (Å²) in [6.45, 7) is 0.0181. The molecule has 11 nitrogen and oxygen atoms in total. The predicted molar refractivity (Wildman–Crippen MR) is 135 cm³/mol. The number of hydrogen-bond donors (Lipinski definition) is 2. The Labute approximate surface area is 219 Å². The van der Waals surface area contributed by atoms with Crippen molar-refractivity contribution in [3.8, 4) is 5.75 Å². The molecule has 2 saturated carbocycles. The first-order valence-corrected chi connectivity index (χ1v) is 14.5. The molecule has 3 fully saturated rings. The first-order valence-electron chi connectivity index (χ1n) is 13.0. The van der Waals surface area contributed by atoms with E-state index in [0.717, 1.165) is 0 Å². The van der Waals surface area contributed by atoms with Crippen LogP contribution in [0.1, 0.15) is 57.9 Å². The van der Waals surface area contributed by atoms with Crippen molar-refractivity contribution < 1.29 is 31.8 Å². The maximum absolute atomic E-state index is 13.2. The van der Waals surface area contributed by atoms with E-state index in [1.54, 1.807) is 6.92 Å². The van der Waals surface area contributed by atoms with E-state index in [1.165, 1.54) is 21.1 Å². The second-order valence-corrected chi connectivity index (χ2v) is 12.7. The molecule has 0 spiro atoms. The molecule has 3 heterocycles. The molecule has 2 aromatic heterocycles. The second-order valence-electron chi connectivity index (χ2n) is 10.5. The molecular weight excluding hydrogens is 524 g/mol. The van der Waals surface area contributed by atoms with Crippen LogP contribution in [0.2, 0.25) is 0 Å². The summed E-state index contributed by atoms with van der Waals surface area (Å²) < 4.78 is 64.5. The summed E-state index contributed by atoms with van der Waals surface area (Å²) in [4.78, 5) is 22.1. The van der Waals surface area contributed by atoms with Crippen molar-refractivity contribution in [3.05, 3.63) is 22.6 Å². The highest BCUT2D eigenvalue weighted by atomic mass is 32.2. The van der Waals surface area contributed by atoms with Gasteiger partial charge in [0.15, 0.2) is 5.75 Å². The Morgan fingerprint density at radius 1 is 1.21 bits per heavy atom. The van der Waals surface area contributed by atoms with Crippen molar-refractivity contribution in [1.82, 2.24) is 18.8 Å². The number of hydrogen-bond acceptors (Lipinski definition) is 9. The highest BCUT2D eigenvalue weighted by Crippen LogP contribution is 2.40. The lowest BCUT2D eigenvalue weighted by Crippen LogP contribution is -2.46. The van der Waals surface area contributed by atoms with E-state index in [-0.39, 0.29) is 17.6 Å². The van der Waals surface area contributed by atoms with Crippen LogP contribution in [0.3, 0.4) is 0 Å². The van der Waals surface area contributed by atoms with Crippen LogP contribution in [0.4, 0.5) is 14.7 Å². The Balaban J connectivity index is 1.37. The van der Waals surface area contributed by atoms with Crippen LogP contribution in [0, 0.1) is 0 Å². The molecule has 2 aliphatic carbocycles. The lowest BCUT2D eigenvalue weighted by atomic mass is 9.95. The summed E-state index contributed by atoms with van der Waals surface area (Å²) >= 11 is 0. The monoisotopic (exact) mass is 557 g/mol. The highest BCUT2D eigenvalue weighted by molar-refractivity contribution is 7.89. The average molecular weight is 558 g/mol. The van der Waals surface area contributed by atoms with Gasteiger partial charge in [0, 0.05) is 30.7 Å². The number of nitrogens with zero attached hydrogens (tertiary/aromatic N) is 4. The topological polar surface area (TPSA) is 136 Å². The van der Waals surface area contributed by atoms with Gasteiger partial charge < -0.3 is 19.9 Å². The Kier molecular flexibility index (Phi) is 7.59. The van der Waals surface area contributed by atoms with Crippen molar-refractivity contribution in [2.75, 3.05) is 31.6 Å². The molecule has 14 heteroatoms. The number of aromatic nitrogens is 3. The molecule has 0 aromatic carbocycles. The summed E-state index contributed by atoms with van der Waals surface area (Å²) in [6.07, 6.45) is 5.22. The minimum atomic E-state index is -3.39. The highest BCUT2D eigenvalue weighted by Gasteiger charge is 2.40. The number of morpholine rings is 1. The van der Waals surface area contributed by atoms with Gasteiger partial charge in [-0.2, -0.15) is 18.1 Å². The fraction of sp³-hybridized carbons (Fsp3) is 0.708. The molecule has 2 atom stereocenters. The minimum absolute atomic E-state index is 0.0696. The molecule has 0 unspecified atom stereocenters. The molecule has 1 saturated heterocycles. The molecule has 0 radical (unpaired) electrons. The molecule has 2 aromatic rings. The number of sulfonamides is 1. The molecule has 0 amide bonds. The van der Waals surface area contributed by atoms with E-state index in [4.69, 9.17) is 4.74 Å². The van der Waals surface area contributed by atoms with Crippen molar-refractivity contribution in [1.29, 1.82) is 0 Å². The Morgan fingerprint density at radius 2 is 1.92 bits per heavy atom. The quantitative estimate of drug-likeness (QED) is 0.525. The van der Waals surface area contributed by atoms with Crippen LogP contribution in [0.15, 0.2) is 17.1 Å². The third-order valence-corrected chi connectivity index (χ3v) is 10.3. The van der Waals surface area contributed by atoms with Crippen molar-refractivity contribution in [2.45, 2.75) is 81.4 Å². The van der Waals surface area contributed by atoms with Crippen LogP contribution >= 0.6 is 0 Å². The van der Waals surface area contributed by atoms with Gasteiger partial charge >= 0.3 is 6.61 Å². The zero-order valence-electron chi connectivity index (χ0n) is 21.2. The summed E-state index contributed by atoms with van der Waals surface area (Å²) in [5.74, 6) is -0.287. The second kappa shape index (κ2) is 10.6. The number of anilines is 1. The molecule has 2 N–H and O–H groups in total. The number of aliphatic hydroxyl groups is 1. The standard InChI is InChI=1S/C24H33F2N5O6S/c1-24(33)8-2-3-19(24)31-20-15(13-18(21(31)32)37-22(25)26)14-27-23(29-20)28-16-4-6-17(7-5-16)38(34,35)30-9-11-36-12-10-30/h13-14,16-17,19,22,33H,2-12H2,1H3,(H,27,28,29)/t16?,17?,19-,24-/m1/s1. The van der Waals surface area contributed by atoms with E-state index in [9.17, 15) is 27.1 Å². The first kappa shape index (κ1) is 27.2. The molecule has 38 heavy (non-hydrogen) atoms. The Morgan fingerprint density at radius 3 is 2.55 bits per heavy atom. The lowest BCUT2D eigenvalue weighted by Gasteiger charge is -2.34. The van der Waals surface area contributed by atoms with E-state index in [1.807, 2.05) is 0 Å². The van der Waals surface area contributed by atoms with Gasteiger partial charge in [-0.15, -0.1) is 0 Å². The van der Waals surface area contributed by atoms with Gasteiger partial charge in [-0.3, -0.25) is 9.36 Å². The van der Waals surface area contributed by atoms with Gasteiger partial charge in [-0.05, 0) is 57.9 Å². The lowest BCUT2D eigenvalue weighted by molar-refractivity contribution is -0.0513. The van der Waals surface area contributed by atoms with Gasteiger partial charge in [0.1, 0.15) is 5.65 Å². The van der Waals surface area contributed by atoms with Gasteiger partial charge in [0.25, 0.3) is 5.56 Å². The maximum Gasteiger partial charge on any atom is 0.387 e. The fourth-order valence-electron chi connectivity index (χ4n) is 5.87. The number of rotatable bonds is 7. The van der Waals surface area contributed by atoms with Crippen molar-refractivity contribution in [2.24, 2.45) is 0 Å². The van der Waals surface area contributed by atoms with Crippen LogP contribution < -0.4 is 15.6 Å². The molecule has 0 bridgehead atoms. The largest absolute Gasteiger partial charge is 0.429 e. The van der Waals surface area contributed by atoms with E-state index >= 15 is 0 Å². The number of pyridine rings is 1. The Hall–Kier alpha value is -2.42.